The maximum Gasteiger partial charge on any atom is 0.151 e. The van der Waals surface area contributed by atoms with Crippen molar-refractivity contribution in [2.24, 2.45) is 4.99 Å². The summed E-state index contributed by atoms with van der Waals surface area (Å²) < 4.78 is 5.66. The number of nitrogens with one attached hydrogen (secondary N) is 2. The Hall–Kier alpha value is -3.64. The number of aldehydes is 1. The van der Waals surface area contributed by atoms with Crippen LogP contribution in [0, 0.1) is 13.8 Å². The third-order valence-corrected chi connectivity index (χ3v) is 6.40. The lowest BCUT2D eigenvalue weighted by Gasteiger charge is -2.02. The van der Waals surface area contributed by atoms with Crippen LogP contribution in [0.4, 0.5) is 0 Å². The number of carbonyl (C=O) groups is 1. The zero-order valence-corrected chi connectivity index (χ0v) is 18.3. The number of aromatic nitrogens is 2. The quantitative estimate of drug-likeness (QED) is 0.491. The number of hydrogen-bond acceptors (Lipinski definition) is 4. The summed E-state index contributed by atoms with van der Waals surface area (Å²) in [5.74, 6) is 0.737. The zero-order chi connectivity index (χ0) is 21.5. The molecule has 1 aliphatic heterocycles. The zero-order valence-electron chi connectivity index (χ0n) is 17.4. The Labute approximate surface area is 182 Å². The lowest BCUT2D eigenvalue weighted by atomic mass is 10.1. The van der Waals surface area contributed by atoms with Crippen LogP contribution in [-0.2, 0) is 0 Å². The van der Waals surface area contributed by atoms with E-state index in [1.165, 1.54) is 5.56 Å². The molecule has 0 unspecified atom stereocenters. The lowest BCUT2D eigenvalue weighted by molar-refractivity contribution is 0.112. The van der Waals surface area contributed by atoms with Crippen LogP contribution in [-0.4, -0.2) is 23.4 Å². The third kappa shape index (κ3) is 3.25. The molecule has 6 heteroatoms. The number of carbonyl (C=O) groups excluding carboxylic acids is 1. The Morgan fingerprint density at radius 1 is 1.10 bits per heavy atom. The largest absolute Gasteiger partial charge is 0.494 e. The first-order chi connectivity index (χ1) is 15.1. The van der Waals surface area contributed by atoms with Crippen molar-refractivity contribution in [3.63, 3.8) is 0 Å². The lowest BCUT2D eigenvalue weighted by Crippen LogP contribution is -2.22. The van der Waals surface area contributed by atoms with Crippen molar-refractivity contribution in [1.29, 1.82) is 0 Å². The van der Waals surface area contributed by atoms with Gasteiger partial charge in [0.2, 0.25) is 0 Å². The molecule has 154 valence electrons. The highest BCUT2D eigenvalue weighted by Gasteiger charge is 2.20. The number of rotatable bonds is 4. The number of H-pyrrole nitrogens is 2. The Morgan fingerprint density at radius 2 is 1.94 bits per heavy atom. The van der Waals surface area contributed by atoms with Crippen LogP contribution in [0.15, 0.2) is 52.8 Å². The number of aryl methyl sites for hydroxylation is 2. The molecular weight excluding hydrogens is 406 g/mol. The summed E-state index contributed by atoms with van der Waals surface area (Å²) >= 11 is 1.55. The van der Waals surface area contributed by atoms with Crippen LogP contribution in [0.5, 0.6) is 5.75 Å². The molecule has 0 atom stereocenters. The maximum atomic E-state index is 11.7. The second kappa shape index (κ2) is 7.56. The van der Waals surface area contributed by atoms with Gasteiger partial charge in [0.25, 0.3) is 0 Å². The van der Waals surface area contributed by atoms with E-state index in [2.05, 4.69) is 29.0 Å². The van der Waals surface area contributed by atoms with Crippen LogP contribution in [0.25, 0.3) is 17.3 Å². The second-order valence-corrected chi connectivity index (χ2v) is 8.45. The minimum absolute atomic E-state index is 0.673. The van der Waals surface area contributed by atoms with Gasteiger partial charge in [-0.05, 0) is 49.1 Å². The normalized spacial score (nSPS) is 15.2. The van der Waals surface area contributed by atoms with Gasteiger partial charge in [-0.1, -0.05) is 18.2 Å². The fourth-order valence-electron chi connectivity index (χ4n) is 4.03. The van der Waals surface area contributed by atoms with Crippen molar-refractivity contribution in [2.45, 2.75) is 13.8 Å². The van der Waals surface area contributed by atoms with Crippen LogP contribution >= 0.6 is 11.3 Å². The number of nitrogens with zero attached hydrogens (tertiary/aromatic N) is 1. The summed E-state index contributed by atoms with van der Waals surface area (Å²) in [6, 6.07) is 13.9. The van der Waals surface area contributed by atoms with Gasteiger partial charge < -0.3 is 14.7 Å². The molecule has 0 saturated carbocycles. The number of methoxy groups -OCH3 is 1. The highest BCUT2D eigenvalue weighted by molar-refractivity contribution is 7.11. The molecular formula is C25H21N3O2S. The molecule has 1 aliphatic rings. The maximum absolute atomic E-state index is 11.7. The summed E-state index contributed by atoms with van der Waals surface area (Å²) in [6.45, 7) is 4.12. The Balaban J connectivity index is 1.82. The fraction of sp³-hybridized carbons (Fsp3) is 0.120. The second-order valence-electron chi connectivity index (χ2n) is 7.53. The first-order valence-corrected chi connectivity index (χ1v) is 10.8. The molecule has 5 rings (SSSR count). The van der Waals surface area contributed by atoms with Gasteiger partial charge >= 0.3 is 0 Å². The SMILES string of the molecule is COc1cc(=C2N=c3ccccc3=C2c2sccc2C=O)[nH]c1=Cc1[nH]c(C)cc1C. The van der Waals surface area contributed by atoms with Gasteiger partial charge in [0.05, 0.1) is 28.9 Å². The van der Waals surface area contributed by atoms with Crippen molar-refractivity contribution in [1.82, 2.24) is 9.97 Å². The molecule has 0 spiro atoms. The van der Waals surface area contributed by atoms with E-state index in [9.17, 15) is 4.79 Å². The van der Waals surface area contributed by atoms with Gasteiger partial charge in [-0.15, -0.1) is 11.3 Å². The molecule has 4 aromatic rings. The number of ether oxygens (including phenoxy) is 1. The molecule has 0 saturated heterocycles. The number of thiophene rings is 1. The van der Waals surface area contributed by atoms with E-state index < -0.39 is 0 Å². The van der Waals surface area contributed by atoms with Crippen molar-refractivity contribution in [3.05, 3.63) is 96.5 Å². The van der Waals surface area contributed by atoms with Gasteiger partial charge in [-0.2, -0.15) is 0 Å². The standard InChI is InChI=1S/C25H21N3O2S/c1-14-10-15(2)26-19(14)11-20-22(30-3)12-21(27-20)24-23(25-16(13-29)8-9-31-25)17-6-4-5-7-18(17)28-24/h4-13,26-27H,1-3H3. The summed E-state index contributed by atoms with van der Waals surface area (Å²) in [6.07, 6.45) is 2.96. The first kappa shape index (κ1) is 19.3. The molecule has 31 heavy (non-hydrogen) atoms. The van der Waals surface area contributed by atoms with Gasteiger partial charge in [0.1, 0.15) is 5.75 Å². The van der Waals surface area contributed by atoms with Crippen molar-refractivity contribution in [3.8, 4) is 5.75 Å². The van der Waals surface area contributed by atoms with Gasteiger partial charge in [-0.25, -0.2) is 4.99 Å². The number of aromatic amines is 2. The van der Waals surface area contributed by atoms with E-state index in [0.717, 1.165) is 60.8 Å². The molecule has 0 bridgehead atoms. The molecule has 5 nitrogen and oxygen atoms in total. The van der Waals surface area contributed by atoms with E-state index in [-0.39, 0.29) is 0 Å². The van der Waals surface area contributed by atoms with E-state index in [1.54, 1.807) is 18.4 Å². The van der Waals surface area contributed by atoms with E-state index >= 15 is 0 Å². The number of fused-ring (bicyclic) bond motifs is 1. The Kier molecular flexibility index (Phi) is 4.71. The third-order valence-electron chi connectivity index (χ3n) is 5.46. The van der Waals surface area contributed by atoms with Gasteiger partial charge in [0.15, 0.2) is 6.29 Å². The predicted molar refractivity (Wildman–Crippen MR) is 123 cm³/mol. The predicted octanol–water partition coefficient (Wildman–Crippen LogP) is 2.31. The van der Waals surface area contributed by atoms with E-state index in [4.69, 9.17) is 9.73 Å². The number of benzene rings is 1. The van der Waals surface area contributed by atoms with Gasteiger partial charge in [0, 0.05) is 38.7 Å². The fourth-order valence-corrected chi connectivity index (χ4v) is 4.95. The molecule has 0 radical (unpaired) electrons. The molecule has 3 aromatic heterocycles. The monoisotopic (exact) mass is 427 g/mol. The van der Waals surface area contributed by atoms with Crippen LogP contribution in [0.3, 0.4) is 0 Å². The Morgan fingerprint density at radius 3 is 2.68 bits per heavy atom. The van der Waals surface area contributed by atoms with E-state index in [1.807, 2.05) is 48.7 Å². The van der Waals surface area contributed by atoms with Crippen molar-refractivity contribution in [2.75, 3.05) is 7.11 Å². The highest BCUT2D eigenvalue weighted by Crippen LogP contribution is 2.30. The van der Waals surface area contributed by atoms with Crippen LogP contribution < -0.4 is 26.0 Å². The summed E-state index contributed by atoms with van der Waals surface area (Å²) in [4.78, 5) is 24.4. The van der Waals surface area contributed by atoms with Crippen molar-refractivity contribution >= 4 is 35.0 Å². The molecule has 0 fully saturated rings. The van der Waals surface area contributed by atoms with Crippen LogP contribution in [0.1, 0.15) is 32.2 Å². The molecule has 4 heterocycles. The first-order valence-electron chi connectivity index (χ1n) is 9.96. The van der Waals surface area contributed by atoms with Crippen LogP contribution in [0.2, 0.25) is 0 Å². The van der Waals surface area contributed by atoms with E-state index in [0.29, 0.717) is 5.56 Å². The smallest absolute Gasteiger partial charge is 0.151 e. The average Bonchev–Trinajstić information content (AvgIpc) is 3.52. The highest BCUT2D eigenvalue weighted by atomic mass is 32.1. The molecule has 0 amide bonds. The minimum Gasteiger partial charge on any atom is -0.494 e. The number of para-hydroxylation sites is 1. The Bertz CT molecular complexity index is 1570. The van der Waals surface area contributed by atoms with Gasteiger partial charge in [-0.3, -0.25) is 4.79 Å². The summed E-state index contributed by atoms with van der Waals surface area (Å²) in [5.41, 5.74) is 5.76. The molecule has 1 aromatic carbocycles. The molecule has 0 aliphatic carbocycles. The average molecular weight is 428 g/mol. The van der Waals surface area contributed by atoms with Crippen molar-refractivity contribution < 1.29 is 9.53 Å². The topological polar surface area (TPSA) is 70.2 Å². The minimum atomic E-state index is 0.673. The summed E-state index contributed by atoms with van der Waals surface area (Å²) in [5, 5.41) is 5.57. The molecule has 2 N–H and O–H groups in total. The number of hydrogen-bond donors (Lipinski definition) is 2. The summed E-state index contributed by atoms with van der Waals surface area (Å²) in [7, 11) is 1.66.